The third-order valence-electron chi connectivity index (χ3n) is 3.98. The second kappa shape index (κ2) is 9.76. The number of aromatic nitrogens is 2. The monoisotopic (exact) mass is 440 g/mol. The molecule has 2 rings (SSSR count). The molecule has 0 unspecified atom stereocenters. The summed E-state index contributed by atoms with van der Waals surface area (Å²) in [5.74, 6) is -0.684. The number of hydrazone groups is 1. The molecule has 1 heterocycles. The third kappa shape index (κ3) is 5.71. The van der Waals surface area contributed by atoms with Gasteiger partial charge in [-0.2, -0.15) is 10.2 Å². The van der Waals surface area contributed by atoms with Crippen molar-refractivity contribution < 1.29 is 19.1 Å². The molecule has 156 valence electrons. The minimum absolute atomic E-state index is 0.0652. The molecule has 0 atom stereocenters. The van der Waals surface area contributed by atoms with Crippen molar-refractivity contribution in [3.8, 4) is 5.69 Å². The van der Waals surface area contributed by atoms with Gasteiger partial charge in [0.25, 0.3) is 0 Å². The van der Waals surface area contributed by atoms with Crippen molar-refractivity contribution in [2.45, 2.75) is 39.7 Å². The molecule has 0 saturated heterocycles. The summed E-state index contributed by atoms with van der Waals surface area (Å²) in [4.78, 5) is 24.2. The zero-order valence-electron chi connectivity index (χ0n) is 16.5. The number of halogens is 2. The van der Waals surface area contributed by atoms with E-state index in [4.69, 9.17) is 32.7 Å². The molecule has 8 nitrogen and oxygen atoms in total. The summed E-state index contributed by atoms with van der Waals surface area (Å²) in [6, 6.07) is 6.87. The Morgan fingerprint density at radius 2 is 1.97 bits per heavy atom. The number of nitrogens with zero attached hydrogens (tertiary/aromatic N) is 3. The Kier molecular flexibility index (Phi) is 7.64. The van der Waals surface area contributed by atoms with Gasteiger partial charge in [-0.25, -0.2) is 19.7 Å². The van der Waals surface area contributed by atoms with Crippen molar-refractivity contribution >= 4 is 41.5 Å². The molecular weight excluding hydrogens is 419 g/mol. The van der Waals surface area contributed by atoms with Crippen LogP contribution in [0.2, 0.25) is 10.2 Å². The van der Waals surface area contributed by atoms with Gasteiger partial charge in [0.2, 0.25) is 0 Å². The minimum Gasteiger partial charge on any atom is -0.461 e. The predicted molar refractivity (Wildman–Crippen MR) is 111 cm³/mol. The molecule has 0 aliphatic rings. The number of nitrogens with one attached hydrogen (secondary N) is 1. The number of para-hydroxylation sites is 1. The molecule has 2 aromatic rings. The molecular formula is C19H22Cl2N4O4. The number of amides is 1. The van der Waals surface area contributed by atoms with Crippen LogP contribution in [-0.4, -0.2) is 40.3 Å². The summed E-state index contributed by atoms with van der Waals surface area (Å²) in [7, 11) is 0. The first-order valence-corrected chi connectivity index (χ1v) is 9.68. The van der Waals surface area contributed by atoms with Crippen molar-refractivity contribution in [3.63, 3.8) is 0 Å². The first kappa shape index (κ1) is 22.7. The van der Waals surface area contributed by atoms with Crippen LogP contribution in [0.4, 0.5) is 4.79 Å². The topological polar surface area (TPSA) is 94.8 Å². The molecule has 1 aromatic carbocycles. The molecule has 0 fully saturated rings. The van der Waals surface area contributed by atoms with E-state index >= 15 is 0 Å². The zero-order chi connectivity index (χ0) is 21.6. The third-order valence-corrected chi connectivity index (χ3v) is 4.67. The van der Waals surface area contributed by atoms with Gasteiger partial charge >= 0.3 is 12.1 Å². The molecule has 1 aromatic heterocycles. The number of carbonyl (C=O) groups excluding carboxylic acids is 2. The fraction of sp³-hybridized carbons (Fsp3) is 0.368. The number of hydrogen-bond acceptors (Lipinski definition) is 6. The predicted octanol–water partition coefficient (Wildman–Crippen LogP) is 4.60. The quantitative estimate of drug-likeness (QED) is 0.385. The van der Waals surface area contributed by atoms with Crippen molar-refractivity contribution in [1.82, 2.24) is 15.2 Å². The van der Waals surface area contributed by atoms with Crippen LogP contribution in [0.5, 0.6) is 0 Å². The van der Waals surface area contributed by atoms with Crippen molar-refractivity contribution in [2.24, 2.45) is 5.10 Å². The Morgan fingerprint density at radius 1 is 1.28 bits per heavy atom. The van der Waals surface area contributed by atoms with Crippen molar-refractivity contribution in [2.75, 3.05) is 6.61 Å². The van der Waals surface area contributed by atoms with Crippen molar-refractivity contribution in [3.05, 3.63) is 45.7 Å². The minimum atomic E-state index is -0.736. The molecule has 10 heteroatoms. The van der Waals surface area contributed by atoms with E-state index in [2.05, 4.69) is 15.6 Å². The van der Waals surface area contributed by atoms with E-state index in [-0.39, 0.29) is 23.0 Å². The Balaban J connectivity index is 2.35. The molecule has 1 N–H and O–H groups in total. The van der Waals surface area contributed by atoms with Crippen LogP contribution >= 0.6 is 23.2 Å². The molecule has 0 aliphatic carbocycles. The summed E-state index contributed by atoms with van der Waals surface area (Å²) >= 11 is 12.6. The van der Waals surface area contributed by atoms with Crippen LogP contribution in [-0.2, 0) is 9.47 Å². The Bertz CT molecular complexity index is 925. The highest BCUT2D eigenvalue weighted by molar-refractivity contribution is 6.34. The van der Waals surface area contributed by atoms with Crippen LogP contribution in [0.25, 0.3) is 5.69 Å². The van der Waals surface area contributed by atoms with Crippen LogP contribution in [0.15, 0.2) is 29.4 Å². The largest absolute Gasteiger partial charge is 0.461 e. The maximum atomic E-state index is 12.3. The lowest BCUT2D eigenvalue weighted by Crippen LogP contribution is -2.32. The molecule has 0 bridgehead atoms. The fourth-order valence-corrected chi connectivity index (χ4v) is 2.64. The molecule has 29 heavy (non-hydrogen) atoms. The Hall–Kier alpha value is -2.58. The second-order valence-corrected chi connectivity index (χ2v) is 7.27. The molecule has 0 spiro atoms. The molecule has 1 amide bonds. The van der Waals surface area contributed by atoms with Crippen LogP contribution in [0, 0.1) is 0 Å². The first-order chi connectivity index (χ1) is 13.7. The smallest absolute Gasteiger partial charge is 0.428 e. The van der Waals surface area contributed by atoms with Gasteiger partial charge < -0.3 is 9.47 Å². The number of rotatable bonds is 7. The second-order valence-electron chi connectivity index (χ2n) is 6.51. The lowest BCUT2D eigenvalue weighted by Gasteiger charge is -2.22. The SMILES string of the molecule is CCOC(=O)c1nn(-c2ccccc2Cl)c(Cl)c1/C=N/NC(=O)OC(C)(C)CC. The average Bonchev–Trinajstić information content (AvgIpc) is 2.99. The number of hydrogen-bond donors (Lipinski definition) is 1. The highest BCUT2D eigenvalue weighted by Crippen LogP contribution is 2.27. The van der Waals surface area contributed by atoms with E-state index in [1.54, 1.807) is 45.0 Å². The van der Waals surface area contributed by atoms with Gasteiger partial charge in [0.1, 0.15) is 10.8 Å². The lowest BCUT2D eigenvalue weighted by atomic mass is 10.1. The van der Waals surface area contributed by atoms with Gasteiger partial charge in [-0.1, -0.05) is 42.3 Å². The van der Waals surface area contributed by atoms with Gasteiger partial charge in [0.15, 0.2) is 5.69 Å². The van der Waals surface area contributed by atoms with Crippen LogP contribution < -0.4 is 5.43 Å². The van der Waals surface area contributed by atoms with Gasteiger partial charge in [-0.15, -0.1) is 0 Å². The average molecular weight is 441 g/mol. The Labute approximate surface area is 178 Å². The maximum absolute atomic E-state index is 12.3. The molecule has 0 saturated carbocycles. The van der Waals surface area contributed by atoms with Gasteiger partial charge in [-0.3, -0.25) is 0 Å². The zero-order valence-corrected chi connectivity index (χ0v) is 18.0. The standard InChI is InChI=1S/C19H22Cl2N4O4/c1-5-19(3,4)29-18(27)23-22-11-12-15(17(26)28-6-2)24-25(16(12)21)14-10-8-7-9-13(14)20/h7-11H,5-6H2,1-4H3,(H,23,27)/b22-11+. The summed E-state index contributed by atoms with van der Waals surface area (Å²) in [5.41, 5.74) is 2.18. The van der Waals surface area contributed by atoms with Crippen molar-refractivity contribution in [1.29, 1.82) is 0 Å². The normalized spacial score (nSPS) is 11.5. The number of carbonyl (C=O) groups is 2. The van der Waals surface area contributed by atoms with E-state index in [0.29, 0.717) is 17.1 Å². The summed E-state index contributed by atoms with van der Waals surface area (Å²) in [6.45, 7) is 7.28. The first-order valence-electron chi connectivity index (χ1n) is 8.92. The van der Waals surface area contributed by atoms with Crippen LogP contribution in [0.1, 0.15) is 50.2 Å². The van der Waals surface area contributed by atoms with Gasteiger partial charge in [-0.05, 0) is 39.3 Å². The number of ether oxygens (including phenoxy) is 2. The number of benzene rings is 1. The van der Waals surface area contributed by atoms with Gasteiger partial charge in [0.05, 0.1) is 29.1 Å². The molecule has 0 radical (unpaired) electrons. The maximum Gasteiger partial charge on any atom is 0.428 e. The van der Waals surface area contributed by atoms with E-state index in [0.717, 1.165) is 0 Å². The highest BCUT2D eigenvalue weighted by atomic mass is 35.5. The summed E-state index contributed by atoms with van der Waals surface area (Å²) < 4.78 is 11.6. The highest BCUT2D eigenvalue weighted by Gasteiger charge is 2.24. The fourth-order valence-electron chi connectivity index (χ4n) is 2.15. The molecule has 0 aliphatic heterocycles. The van der Waals surface area contributed by atoms with E-state index in [1.807, 2.05) is 6.92 Å². The van der Waals surface area contributed by atoms with E-state index < -0.39 is 17.7 Å². The summed E-state index contributed by atoms with van der Waals surface area (Å²) in [5, 5.41) is 8.51. The summed E-state index contributed by atoms with van der Waals surface area (Å²) in [6.07, 6.45) is 1.10. The Morgan fingerprint density at radius 3 is 2.59 bits per heavy atom. The van der Waals surface area contributed by atoms with E-state index in [9.17, 15) is 9.59 Å². The van der Waals surface area contributed by atoms with Crippen LogP contribution in [0.3, 0.4) is 0 Å². The van der Waals surface area contributed by atoms with E-state index in [1.165, 1.54) is 10.9 Å². The lowest BCUT2D eigenvalue weighted by molar-refractivity contribution is 0.0365. The number of esters is 1. The van der Waals surface area contributed by atoms with Gasteiger partial charge in [0, 0.05) is 0 Å².